The van der Waals surface area contributed by atoms with Gasteiger partial charge in [-0.25, -0.2) is 13.4 Å². The summed E-state index contributed by atoms with van der Waals surface area (Å²) in [4.78, 5) is 4.39. The molecule has 1 atom stereocenters. The summed E-state index contributed by atoms with van der Waals surface area (Å²) in [5, 5.41) is -0.257. The van der Waals surface area contributed by atoms with Crippen LogP contribution in [0.25, 0.3) is 5.52 Å². The molecule has 19 heavy (non-hydrogen) atoms. The summed E-state index contributed by atoms with van der Waals surface area (Å²) in [7, 11) is -2.93. The van der Waals surface area contributed by atoms with Crippen LogP contribution >= 0.6 is 0 Å². The van der Waals surface area contributed by atoms with Gasteiger partial charge in [-0.1, -0.05) is 12.5 Å². The van der Waals surface area contributed by atoms with E-state index in [-0.39, 0.29) is 5.25 Å². The van der Waals surface area contributed by atoms with Crippen LogP contribution in [-0.4, -0.2) is 28.8 Å². The molecule has 1 fully saturated rings. The largest absolute Gasteiger partial charge is 0.303 e. The molecule has 1 saturated heterocycles. The number of hydrogen-bond acceptors (Lipinski definition) is 3. The summed E-state index contributed by atoms with van der Waals surface area (Å²) < 4.78 is 26.2. The number of fused-ring (bicyclic) bond motifs is 1. The number of rotatable bonds is 2. The Hall–Kier alpha value is -1.36. The van der Waals surface area contributed by atoms with Gasteiger partial charge in [0.15, 0.2) is 9.84 Å². The molecule has 1 unspecified atom stereocenters. The van der Waals surface area contributed by atoms with Gasteiger partial charge in [-0.3, -0.25) is 0 Å². The molecule has 2 aromatic rings. The van der Waals surface area contributed by atoms with Crippen molar-refractivity contribution in [3.8, 4) is 0 Å². The predicted octanol–water partition coefficient (Wildman–Crippen LogP) is 2.15. The van der Waals surface area contributed by atoms with Crippen LogP contribution in [0.2, 0.25) is 0 Å². The van der Waals surface area contributed by atoms with Gasteiger partial charge in [0.25, 0.3) is 0 Å². The van der Waals surface area contributed by atoms with Gasteiger partial charge in [-0.05, 0) is 31.4 Å². The zero-order valence-electron chi connectivity index (χ0n) is 11.0. The molecule has 3 rings (SSSR count). The number of pyridine rings is 1. The van der Waals surface area contributed by atoms with E-state index in [2.05, 4.69) is 4.98 Å². The standard InChI is InChI=1S/C14H18N2O2S/c1-11-5-6-12-9-15-14(16(12)10-11)8-13-4-2-3-7-19(13,17)18/h5-6,9-10,13H,2-4,7-8H2,1H3. The molecule has 0 amide bonds. The second-order valence-electron chi connectivity index (χ2n) is 5.36. The van der Waals surface area contributed by atoms with Crippen LogP contribution in [-0.2, 0) is 16.3 Å². The first-order valence-corrected chi connectivity index (χ1v) is 8.42. The van der Waals surface area contributed by atoms with E-state index in [1.54, 1.807) is 0 Å². The summed E-state index contributed by atoms with van der Waals surface area (Å²) in [6, 6.07) is 4.05. The van der Waals surface area contributed by atoms with Crippen molar-refractivity contribution in [3.05, 3.63) is 35.9 Å². The fourth-order valence-corrected chi connectivity index (χ4v) is 4.62. The van der Waals surface area contributed by atoms with Crippen molar-refractivity contribution in [2.45, 2.75) is 37.9 Å². The van der Waals surface area contributed by atoms with Gasteiger partial charge in [0, 0.05) is 12.6 Å². The average molecular weight is 278 g/mol. The molecule has 1 aliphatic heterocycles. The van der Waals surface area contributed by atoms with Crippen molar-refractivity contribution in [2.75, 3.05) is 5.75 Å². The SMILES string of the molecule is Cc1ccc2cnc(CC3CCCCS3(=O)=O)n2c1. The van der Waals surface area contributed by atoms with E-state index in [1.807, 2.05) is 35.9 Å². The fraction of sp³-hybridized carbons (Fsp3) is 0.500. The van der Waals surface area contributed by atoms with Crippen molar-refractivity contribution in [1.29, 1.82) is 0 Å². The maximum absolute atomic E-state index is 12.1. The average Bonchev–Trinajstić information content (AvgIpc) is 2.74. The first-order valence-electron chi connectivity index (χ1n) is 6.70. The van der Waals surface area contributed by atoms with E-state index < -0.39 is 9.84 Å². The molecular weight excluding hydrogens is 260 g/mol. The molecule has 0 bridgehead atoms. The van der Waals surface area contributed by atoms with Crippen molar-refractivity contribution < 1.29 is 8.42 Å². The lowest BCUT2D eigenvalue weighted by Gasteiger charge is -2.21. The van der Waals surface area contributed by atoms with Gasteiger partial charge in [-0.15, -0.1) is 0 Å². The normalized spacial score (nSPS) is 22.7. The van der Waals surface area contributed by atoms with Gasteiger partial charge in [-0.2, -0.15) is 0 Å². The smallest absolute Gasteiger partial charge is 0.153 e. The zero-order valence-corrected chi connectivity index (χ0v) is 11.9. The van der Waals surface area contributed by atoms with Gasteiger partial charge in [0.1, 0.15) is 5.82 Å². The van der Waals surface area contributed by atoms with Gasteiger partial charge >= 0.3 is 0 Å². The van der Waals surface area contributed by atoms with Crippen LogP contribution in [0.3, 0.4) is 0 Å². The summed E-state index contributed by atoms with van der Waals surface area (Å²) in [5.74, 6) is 1.19. The Bertz CT molecular complexity index is 703. The van der Waals surface area contributed by atoms with Crippen molar-refractivity contribution in [1.82, 2.24) is 9.38 Å². The summed E-state index contributed by atoms with van der Waals surface area (Å²) in [6.07, 6.45) is 6.94. The third-order valence-corrected chi connectivity index (χ3v) is 6.15. The minimum Gasteiger partial charge on any atom is -0.303 e. The topological polar surface area (TPSA) is 51.4 Å². The Morgan fingerprint density at radius 2 is 2.21 bits per heavy atom. The van der Waals surface area contributed by atoms with Crippen LogP contribution in [0.15, 0.2) is 24.5 Å². The molecule has 1 aliphatic rings. The van der Waals surface area contributed by atoms with E-state index in [0.29, 0.717) is 12.2 Å². The molecule has 0 aromatic carbocycles. The highest BCUT2D eigenvalue weighted by molar-refractivity contribution is 7.92. The molecule has 5 heteroatoms. The number of imidazole rings is 1. The van der Waals surface area contributed by atoms with Crippen LogP contribution < -0.4 is 0 Å². The minimum absolute atomic E-state index is 0.257. The van der Waals surface area contributed by atoms with Crippen LogP contribution in [0, 0.1) is 6.92 Å². The highest BCUT2D eigenvalue weighted by Crippen LogP contribution is 2.23. The van der Waals surface area contributed by atoms with Crippen LogP contribution in [0.1, 0.15) is 30.7 Å². The first-order chi connectivity index (χ1) is 9.06. The molecule has 0 saturated carbocycles. The quantitative estimate of drug-likeness (QED) is 0.846. The third kappa shape index (κ3) is 2.39. The fourth-order valence-electron chi connectivity index (χ4n) is 2.76. The van der Waals surface area contributed by atoms with E-state index in [4.69, 9.17) is 0 Å². The number of aryl methyl sites for hydroxylation is 1. The number of hydrogen-bond donors (Lipinski definition) is 0. The molecule has 0 N–H and O–H groups in total. The molecule has 4 nitrogen and oxygen atoms in total. The highest BCUT2D eigenvalue weighted by atomic mass is 32.2. The number of nitrogens with zero attached hydrogens (tertiary/aromatic N) is 2. The van der Waals surface area contributed by atoms with E-state index in [9.17, 15) is 8.42 Å². The van der Waals surface area contributed by atoms with Crippen LogP contribution in [0.4, 0.5) is 0 Å². The lowest BCUT2D eigenvalue weighted by atomic mass is 10.1. The summed E-state index contributed by atoms with van der Waals surface area (Å²) in [5.41, 5.74) is 2.17. The Kier molecular flexibility index (Phi) is 3.09. The van der Waals surface area contributed by atoms with E-state index in [0.717, 1.165) is 36.2 Å². The summed E-state index contributed by atoms with van der Waals surface area (Å²) >= 11 is 0. The highest BCUT2D eigenvalue weighted by Gasteiger charge is 2.29. The lowest BCUT2D eigenvalue weighted by molar-refractivity contribution is 0.534. The third-order valence-electron chi connectivity index (χ3n) is 3.87. The number of sulfone groups is 1. The zero-order chi connectivity index (χ0) is 13.5. The molecule has 0 spiro atoms. The Morgan fingerprint density at radius 1 is 1.37 bits per heavy atom. The first kappa shape index (κ1) is 12.7. The lowest BCUT2D eigenvalue weighted by Crippen LogP contribution is -2.30. The van der Waals surface area contributed by atoms with Crippen molar-refractivity contribution >= 4 is 15.4 Å². The van der Waals surface area contributed by atoms with Gasteiger partial charge < -0.3 is 4.40 Å². The van der Waals surface area contributed by atoms with Gasteiger partial charge in [0.05, 0.1) is 22.7 Å². The molecule has 102 valence electrons. The van der Waals surface area contributed by atoms with Crippen molar-refractivity contribution in [3.63, 3.8) is 0 Å². The Morgan fingerprint density at radius 3 is 3.00 bits per heavy atom. The molecule has 3 heterocycles. The Balaban J connectivity index is 1.95. The minimum atomic E-state index is -2.93. The summed E-state index contributed by atoms with van der Waals surface area (Å²) in [6.45, 7) is 2.03. The van der Waals surface area contributed by atoms with E-state index >= 15 is 0 Å². The monoisotopic (exact) mass is 278 g/mol. The van der Waals surface area contributed by atoms with Gasteiger partial charge in [0.2, 0.25) is 0 Å². The predicted molar refractivity (Wildman–Crippen MR) is 75.1 cm³/mol. The molecular formula is C14H18N2O2S. The second-order valence-corrected chi connectivity index (χ2v) is 7.77. The van der Waals surface area contributed by atoms with E-state index in [1.165, 1.54) is 0 Å². The molecule has 0 radical (unpaired) electrons. The Labute approximate surface area is 113 Å². The van der Waals surface area contributed by atoms with Crippen LogP contribution in [0.5, 0.6) is 0 Å². The maximum atomic E-state index is 12.1. The molecule has 2 aromatic heterocycles. The maximum Gasteiger partial charge on any atom is 0.153 e. The molecule has 0 aliphatic carbocycles. The number of aromatic nitrogens is 2. The second kappa shape index (κ2) is 4.63. The van der Waals surface area contributed by atoms with Crippen molar-refractivity contribution in [2.24, 2.45) is 0 Å².